The van der Waals surface area contributed by atoms with Crippen LogP contribution in [-0.4, -0.2) is 18.8 Å². The molecule has 0 bridgehead atoms. The second kappa shape index (κ2) is 6.54. The summed E-state index contributed by atoms with van der Waals surface area (Å²) >= 11 is 0. The van der Waals surface area contributed by atoms with E-state index in [1.807, 2.05) is 0 Å². The Morgan fingerprint density at radius 3 is 2.00 bits per heavy atom. The molecule has 1 atom stereocenters. The highest BCUT2D eigenvalue weighted by Crippen LogP contribution is 2.01. The summed E-state index contributed by atoms with van der Waals surface area (Å²) in [6.45, 7) is 0.711. The highest BCUT2D eigenvalue weighted by molar-refractivity contribution is 4.64. The van der Waals surface area contributed by atoms with Gasteiger partial charge in [0, 0.05) is 6.04 Å². The molecule has 0 spiro atoms. The van der Waals surface area contributed by atoms with Crippen molar-refractivity contribution in [3.05, 3.63) is 0 Å². The van der Waals surface area contributed by atoms with E-state index in [9.17, 15) is 0 Å². The van der Waals surface area contributed by atoms with Gasteiger partial charge in [-0.15, -0.1) is 0 Å². The summed E-state index contributed by atoms with van der Waals surface area (Å²) < 4.78 is 0. The van der Waals surface area contributed by atoms with E-state index in [1.54, 1.807) is 0 Å². The van der Waals surface area contributed by atoms with Crippen molar-refractivity contribution in [1.82, 2.24) is 0 Å². The van der Waals surface area contributed by atoms with E-state index in [0.717, 1.165) is 25.7 Å². The normalized spacial score (nSPS) is 13.9. The van der Waals surface area contributed by atoms with Crippen LogP contribution in [0.5, 0.6) is 0 Å². The van der Waals surface area contributed by atoms with Gasteiger partial charge in [-0.25, -0.2) is 0 Å². The number of hydrogen-bond donors (Lipinski definition) is 4. The van der Waals surface area contributed by atoms with Crippen LogP contribution < -0.4 is 22.9 Å². The Morgan fingerprint density at radius 2 is 1.55 bits per heavy atom. The minimum atomic E-state index is -0.223. The Bertz CT molecular complexity index is 84.5. The van der Waals surface area contributed by atoms with E-state index in [-0.39, 0.29) is 12.2 Å². The van der Waals surface area contributed by atoms with Crippen LogP contribution in [0.15, 0.2) is 0 Å². The molecule has 0 radical (unpaired) electrons. The predicted octanol–water partition coefficient (Wildman–Crippen LogP) is -0.924. The highest BCUT2D eigenvalue weighted by Gasteiger charge is 2.02. The second-order valence-corrected chi connectivity index (χ2v) is 2.93. The lowest BCUT2D eigenvalue weighted by atomic mass is 10.1. The Hall–Kier alpha value is -0.160. The topological polar surface area (TPSA) is 104 Å². The average Bonchev–Trinajstić information content (AvgIpc) is 1.97. The van der Waals surface area contributed by atoms with Crippen LogP contribution >= 0.6 is 0 Å². The Labute approximate surface area is 68.3 Å². The average molecular weight is 160 g/mol. The molecule has 0 aromatic heterocycles. The van der Waals surface area contributed by atoms with Crippen molar-refractivity contribution >= 4 is 0 Å². The first kappa shape index (κ1) is 10.8. The van der Waals surface area contributed by atoms with E-state index in [4.69, 9.17) is 22.9 Å². The number of rotatable bonds is 6. The monoisotopic (exact) mass is 160 g/mol. The first-order chi connectivity index (χ1) is 5.16. The summed E-state index contributed by atoms with van der Waals surface area (Å²) in [6.07, 6.45) is 3.44. The van der Waals surface area contributed by atoms with E-state index >= 15 is 0 Å². The van der Waals surface area contributed by atoms with Crippen LogP contribution in [0.4, 0.5) is 0 Å². The van der Waals surface area contributed by atoms with Gasteiger partial charge in [0.2, 0.25) is 0 Å². The maximum Gasteiger partial charge on any atom is 0.0521 e. The number of nitrogens with two attached hydrogens (primary N) is 4. The van der Waals surface area contributed by atoms with Gasteiger partial charge in [0.15, 0.2) is 0 Å². The molecule has 0 heterocycles. The lowest BCUT2D eigenvalue weighted by molar-refractivity contribution is 0.495. The fourth-order valence-electron chi connectivity index (χ4n) is 0.931. The van der Waals surface area contributed by atoms with Gasteiger partial charge in [-0.05, 0) is 32.2 Å². The van der Waals surface area contributed by atoms with Crippen LogP contribution in [0.3, 0.4) is 0 Å². The first-order valence-corrected chi connectivity index (χ1v) is 4.13. The Morgan fingerprint density at radius 1 is 0.909 bits per heavy atom. The zero-order valence-electron chi connectivity index (χ0n) is 7.00. The molecule has 0 fully saturated rings. The van der Waals surface area contributed by atoms with E-state index in [2.05, 4.69) is 0 Å². The second-order valence-electron chi connectivity index (χ2n) is 2.93. The van der Waals surface area contributed by atoms with Gasteiger partial charge in [-0.1, -0.05) is 0 Å². The van der Waals surface area contributed by atoms with E-state index in [1.165, 1.54) is 0 Å². The van der Waals surface area contributed by atoms with Gasteiger partial charge in [0.25, 0.3) is 0 Å². The van der Waals surface area contributed by atoms with Crippen molar-refractivity contribution in [2.75, 3.05) is 6.54 Å². The first-order valence-electron chi connectivity index (χ1n) is 4.13. The molecule has 11 heavy (non-hydrogen) atoms. The van der Waals surface area contributed by atoms with Gasteiger partial charge in [-0.3, -0.25) is 0 Å². The van der Waals surface area contributed by atoms with Gasteiger partial charge >= 0.3 is 0 Å². The van der Waals surface area contributed by atoms with E-state index < -0.39 is 0 Å². The lowest BCUT2D eigenvalue weighted by Gasteiger charge is -2.11. The summed E-state index contributed by atoms with van der Waals surface area (Å²) in [5.41, 5.74) is 21.8. The molecule has 0 aliphatic heterocycles. The van der Waals surface area contributed by atoms with Crippen LogP contribution in [0.25, 0.3) is 0 Å². The Balaban J connectivity index is 3.15. The summed E-state index contributed by atoms with van der Waals surface area (Å²) in [5, 5.41) is 0. The predicted molar refractivity (Wildman–Crippen MR) is 47.7 cm³/mol. The molecule has 0 saturated heterocycles. The van der Waals surface area contributed by atoms with Crippen LogP contribution in [-0.2, 0) is 0 Å². The van der Waals surface area contributed by atoms with Crippen molar-refractivity contribution in [3.63, 3.8) is 0 Å². The molecule has 0 aliphatic carbocycles. The zero-order chi connectivity index (χ0) is 8.69. The minimum Gasteiger partial charge on any atom is -0.330 e. The standard InChI is InChI=1S/C7H20N4/c8-5-1-2-6(9)3-4-7(10)11/h6-7H,1-5,8-11H2. The fourth-order valence-corrected chi connectivity index (χ4v) is 0.931. The van der Waals surface area contributed by atoms with Gasteiger partial charge in [0.1, 0.15) is 0 Å². The number of hydrogen-bond acceptors (Lipinski definition) is 4. The summed E-state index contributed by atoms with van der Waals surface area (Å²) in [5.74, 6) is 0. The van der Waals surface area contributed by atoms with Crippen molar-refractivity contribution in [1.29, 1.82) is 0 Å². The molecule has 8 N–H and O–H groups in total. The molecular formula is C7H20N4. The van der Waals surface area contributed by atoms with Gasteiger partial charge in [0.05, 0.1) is 6.17 Å². The fraction of sp³-hybridized carbons (Fsp3) is 1.00. The molecule has 0 saturated carbocycles. The minimum absolute atomic E-state index is 0.216. The van der Waals surface area contributed by atoms with E-state index in [0.29, 0.717) is 6.54 Å². The highest BCUT2D eigenvalue weighted by atomic mass is 14.8. The smallest absolute Gasteiger partial charge is 0.0521 e. The lowest BCUT2D eigenvalue weighted by Crippen LogP contribution is -2.33. The summed E-state index contributed by atoms with van der Waals surface area (Å²) in [7, 11) is 0. The third-order valence-electron chi connectivity index (χ3n) is 1.65. The largest absolute Gasteiger partial charge is 0.330 e. The van der Waals surface area contributed by atoms with Crippen LogP contribution in [0.2, 0.25) is 0 Å². The molecule has 4 nitrogen and oxygen atoms in total. The van der Waals surface area contributed by atoms with Crippen LogP contribution in [0, 0.1) is 0 Å². The Kier molecular flexibility index (Phi) is 6.45. The van der Waals surface area contributed by atoms with Crippen LogP contribution in [0.1, 0.15) is 25.7 Å². The molecule has 0 amide bonds. The third-order valence-corrected chi connectivity index (χ3v) is 1.65. The molecule has 0 aromatic rings. The van der Waals surface area contributed by atoms with Gasteiger partial charge < -0.3 is 22.9 Å². The van der Waals surface area contributed by atoms with Crippen molar-refractivity contribution < 1.29 is 0 Å². The quantitative estimate of drug-likeness (QED) is 0.377. The molecule has 4 heteroatoms. The maximum atomic E-state index is 5.74. The van der Waals surface area contributed by atoms with Crippen molar-refractivity contribution in [3.8, 4) is 0 Å². The molecular weight excluding hydrogens is 140 g/mol. The molecule has 68 valence electrons. The summed E-state index contributed by atoms with van der Waals surface area (Å²) in [4.78, 5) is 0. The third kappa shape index (κ3) is 7.74. The summed E-state index contributed by atoms with van der Waals surface area (Å²) in [6, 6.07) is 0.216. The molecule has 0 aromatic carbocycles. The molecule has 0 aliphatic rings. The van der Waals surface area contributed by atoms with Gasteiger partial charge in [-0.2, -0.15) is 0 Å². The molecule has 0 rings (SSSR count). The molecule has 1 unspecified atom stereocenters. The zero-order valence-corrected chi connectivity index (χ0v) is 7.00. The SMILES string of the molecule is NCCCC(N)CCC(N)N. The maximum absolute atomic E-state index is 5.74. The van der Waals surface area contributed by atoms with Crippen molar-refractivity contribution in [2.24, 2.45) is 22.9 Å². The van der Waals surface area contributed by atoms with Crippen molar-refractivity contribution in [2.45, 2.75) is 37.9 Å².